The summed E-state index contributed by atoms with van der Waals surface area (Å²) >= 11 is 0. The molecule has 1 nitrogen and oxygen atoms in total. The molecular weight excluding hydrogens is 262 g/mol. The van der Waals surface area contributed by atoms with Crippen LogP contribution in [0.1, 0.15) is 11.1 Å². The molecule has 0 saturated carbocycles. The standard InChI is InChI=1S/C11H6F6O/c1-2-7-3-4-8(18-6-10(12,13)14)5-9(7)11(15,16)17/h1,3-5H,6H2. The second-order valence-electron chi connectivity index (χ2n) is 3.25. The van der Waals surface area contributed by atoms with Gasteiger partial charge in [0.25, 0.3) is 0 Å². The fraction of sp³-hybridized carbons (Fsp3) is 0.273. The monoisotopic (exact) mass is 268 g/mol. The molecule has 0 spiro atoms. The first kappa shape index (κ1) is 14.2. The highest BCUT2D eigenvalue weighted by Crippen LogP contribution is 2.34. The summed E-state index contributed by atoms with van der Waals surface area (Å²) in [4.78, 5) is 0. The minimum absolute atomic E-state index is 0.445. The molecule has 0 heterocycles. The van der Waals surface area contributed by atoms with Gasteiger partial charge in [-0.3, -0.25) is 0 Å². The Bertz CT molecular complexity index is 466. The van der Waals surface area contributed by atoms with Crippen LogP contribution >= 0.6 is 0 Å². The van der Waals surface area contributed by atoms with Crippen molar-refractivity contribution in [1.82, 2.24) is 0 Å². The summed E-state index contributed by atoms with van der Waals surface area (Å²) in [6.45, 7) is -1.67. The lowest BCUT2D eigenvalue weighted by Gasteiger charge is -2.13. The molecule has 0 N–H and O–H groups in total. The average Bonchev–Trinajstić information content (AvgIpc) is 2.24. The summed E-state index contributed by atoms with van der Waals surface area (Å²) in [6.07, 6.45) is -4.50. The van der Waals surface area contributed by atoms with Crippen molar-refractivity contribution in [3.63, 3.8) is 0 Å². The third kappa shape index (κ3) is 3.87. The maximum Gasteiger partial charge on any atom is 0.422 e. The molecule has 0 amide bonds. The van der Waals surface area contributed by atoms with Gasteiger partial charge >= 0.3 is 12.4 Å². The highest BCUT2D eigenvalue weighted by molar-refractivity contribution is 5.45. The minimum atomic E-state index is -4.75. The number of terminal acetylenes is 1. The first-order chi connectivity index (χ1) is 8.13. The second kappa shape index (κ2) is 4.80. The summed E-state index contributed by atoms with van der Waals surface area (Å²) in [6, 6.07) is 2.28. The number of hydrogen-bond donors (Lipinski definition) is 0. The average molecular weight is 268 g/mol. The predicted octanol–water partition coefficient (Wildman–Crippen LogP) is 3.63. The van der Waals surface area contributed by atoms with Crippen LogP contribution in [0, 0.1) is 12.3 Å². The number of rotatable bonds is 2. The zero-order chi connectivity index (χ0) is 14.0. The normalized spacial score (nSPS) is 12.1. The number of alkyl halides is 6. The van der Waals surface area contributed by atoms with E-state index in [9.17, 15) is 26.3 Å². The second-order valence-corrected chi connectivity index (χ2v) is 3.25. The van der Waals surface area contributed by atoms with Gasteiger partial charge in [0.15, 0.2) is 6.61 Å². The van der Waals surface area contributed by atoms with E-state index in [-0.39, 0.29) is 0 Å². The van der Waals surface area contributed by atoms with Crippen molar-refractivity contribution in [3.8, 4) is 18.1 Å². The topological polar surface area (TPSA) is 9.23 Å². The lowest BCUT2D eigenvalue weighted by atomic mass is 10.1. The molecule has 0 atom stereocenters. The lowest BCUT2D eigenvalue weighted by Crippen LogP contribution is -2.19. The molecular formula is C11H6F6O. The van der Waals surface area contributed by atoms with Crippen LogP contribution in [0.25, 0.3) is 0 Å². The van der Waals surface area contributed by atoms with Gasteiger partial charge in [0.2, 0.25) is 0 Å². The van der Waals surface area contributed by atoms with E-state index in [1.807, 2.05) is 0 Å². The quantitative estimate of drug-likeness (QED) is 0.588. The van der Waals surface area contributed by atoms with Crippen molar-refractivity contribution >= 4 is 0 Å². The summed E-state index contributed by atoms with van der Waals surface area (Å²) in [5.41, 5.74) is -1.66. The molecule has 0 aliphatic carbocycles. The Morgan fingerprint density at radius 3 is 2.17 bits per heavy atom. The van der Waals surface area contributed by atoms with Crippen LogP contribution in [0.3, 0.4) is 0 Å². The molecule has 7 heteroatoms. The molecule has 1 aromatic rings. The molecule has 0 aromatic heterocycles. The first-order valence-corrected chi connectivity index (χ1v) is 4.51. The molecule has 1 rings (SSSR count). The van der Waals surface area contributed by atoms with E-state index in [0.717, 1.165) is 12.1 Å². The number of hydrogen-bond acceptors (Lipinski definition) is 1. The third-order valence-electron chi connectivity index (χ3n) is 1.85. The van der Waals surface area contributed by atoms with Gasteiger partial charge in [-0.2, -0.15) is 26.3 Å². The van der Waals surface area contributed by atoms with Gasteiger partial charge in [0, 0.05) is 5.56 Å². The maximum atomic E-state index is 12.5. The van der Waals surface area contributed by atoms with Gasteiger partial charge in [-0.15, -0.1) is 6.42 Å². The molecule has 0 bridgehead atoms. The minimum Gasteiger partial charge on any atom is -0.484 e. The van der Waals surface area contributed by atoms with Crippen molar-refractivity contribution in [3.05, 3.63) is 29.3 Å². The van der Waals surface area contributed by atoms with E-state index in [4.69, 9.17) is 6.42 Å². The van der Waals surface area contributed by atoms with Gasteiger partial charge in [0.1, 0.15) is 5.75 Å². The Hall–Kier alpha value is -1.84. The molecule has 0 unspecified atom stereocenters. The van der Waals surface area contributed by atoms with E-state index in [1.54, 1.807) is 5.92 Å². The Kier molecular flexibility index (Phi) is 3.79. The molecule has 98 valence electrons. The first-order valence-electron chi connectivity index (χ1n) is 4.51. The SMILES string of the molecule is C#Cc1ccc(OCC(F)(F)F)cc1C(F)(F)F. The fourth-order valence-electron chi connectivity index (χ4n) is 1.14. The molecule has 0 aliphatic rings. The van der Waals surface area contributed by atoms with E-state index in [2.05, 4.69) is 4.74 Å². The molecule has 1 aromatic carbocycles. The summed E-state index contributed by atoms with van der Waals surface area (Å²) in [7, 11) is 0. The summed E-state index contributed by atoms with van der Waals surface area (Å²) < 4.78 is 77.3. The largest absolute Gasteiger partial charge is 0.484 e. The lowest BCUT2D eigenvalue weighted by molar-refractivity contribution is -0.153. The van der Waals surface area contributed by atoms with Gasteiger partial charge in [0.05, 0.1) is 5.56 Å². The Morgan fingerprint density at radius 2 is 1.72 bits per heavy atom. The van der Waals surface area contributed by atoms with Crippen molar-refractivity contribution in [1.29, 1.82) is 0 Å². The van der Waals surface area contributed by atoms with Crippen molar-refractivity contribution in [2.24, 2.45) is 0 Å². The van der Waals surface area contributed by atoms with Crippen molar-refractivity contribution < 1.29 is 31.1 Å². The molecule has 0 fully saturated rings. The van der Waals surface area contributed by atoms with Crippen LogP contribution in [-0.2, 0) is 6.18 Å². The van der Waals surface area contributed by atoms with E-state index in [0.29, 0.717) is 6.07 Å². The van der Waals surface area contributed by atoms with Crippen LogP contribution in [0.2, 0.25) is 0 Å². The van der Waals surface area contributed by atoms with Gasteiger partial charge in [-0.1, -0.05) is 5.92 Å². The number of halogens is 6. The van der Waals surface area contributed by atoms with Gasteiger partial charge < -0.3 is 4.74 Å². The van der Waals surface area contributed by atoms with Crippen LogP contribution in [0.5, 0.6) is 5.75 Å². The maximum absolute atomic E-state index is 12.5. The number of benzene rings is 1. The smallest absolute Gasteiger partial charge is 0.422 e. The zero-order valence-corrected chi connectivity index (χ0v) is 8.69. The molecule has 0 aliphatic heterocycles. The summed E-state index contributed by atoms with van der Waals surface area (Å²) in [5.74, 6) is 1.26. The predicted molar refractivity (Wildman–Crippen MR) is 50.9 cm³/mol. The fourth-order valence-corrected chi connectivity index (χ4v) is 1.14. The van der Waals surface area contributed by atoms with E-state index >= 15 is 0 Å². The highest BCUT2D eigenvalue weighted by Gasteiger charge is 2.34. The third-order valence-corrected chi connectivity index (χ3v) is 1.85. The van der Waals surface area contributed by atoms with Gasteiger partial charge in [-0.25, -0.2) is 0 Å². The molecule has 18 heavy (non-hydrogen) atoms. The number of ether oxygens (including phenoxy) is 1. The highest BCUT2D eigenvalue weighted by atomic mass is 19.4. The van der Waals surface area contributed by atoms with Crippen LogP contribution in [0.15, 0.2) is 18.2 Å². The van der Waals surface area contributed by atoms with Crippen LogP contribution in [0.4, 0.5) is 26.3 Å². The summed E-state index contributed by atoms with van der Waals surface area (Å²) in [5, 5.41) is 0. The Balaban J connectivity index is 3.02. The van der Waals surface area contributed by atoms with Crippen molar-refractivity contribution in [2.45, 2.75) is 12.4 Å². The Labute approximate surface area is 98.4 Å². The van der Waals surface area contributed by atoms with Crippen LogP contribution in [-0.4, -0.2) is 12.8 Å². The van der Waals surface area contributed by atoms with Crippen LogP contribution < -0.4 is 4.74 Å². The van der Waals surface area contributed by atoms with Crippen molar-refractivity contribution in [2.75, 3.05) is 6.61 Å². The van der Waals surface area contributed by atoms with E-state index < -0.39 is 35.8 Å². The van der Waals surface area contributed by atoms with Gasteiger partial charge in [-0.05, 0) is 18.2 Å². The zero-order valence-electron chi connectivity index (χ0n) is 8.69. The van der Waals surface area contributed by atoms with E-state index in [1.165, 1.54) is 0 Å². The molecule has 0 radical (unpaired) electrons. The molecule has 0 saturated heterocycles. The Morgan fingerprint density at radius 1 is 1.11 bits per heavy atom.